The number of halogens is 1. The minimum Gasteiger partial charge on any atom is -0.335 e. The number of hydrogen-bond acceptors (Lipinski definition) is 6. The Balaban J connectivity index is 1.44. The number of aromatic nitrogens is 7. The summed E-state index contributed by atoms with van der Waals surface area (Å²) in [6.45, 7) is 3.60. The Kier molecular flexibility index (Phi) is 5.41. The van der Waals surface area contributed by atoms with E-state index >= 15 is 4.39 Å². The van der Waals surface area contributed by atoms with Crippen molar-refractivity contribution in [2.24, 2.45) is 5.92 Å². The van der Waals surface area contributed by atoms with Crippen LogP contribution in [0.5, 0.6) is 0 Å². The third-order valence-corrected chi connectivity index (χ3v) is 6.10. The van der Waals surface area contributed by atoms with Crippen LogP contribution in [0.15, 0.2) is 67.4 Å². The van der Waals surface area contributed by atoms with Gasteiger partial charge in [0.25, 0.3) is 0 Å². The number of carbonyl (C=O) groups is 1. The zero-order valence-electron chi connectivity index (χ0n) is 20.0. The van der Waals surface area contributed by atoms with Crippen LogP contribution in [0.25, 0.3) is 55.8 Å². The first-order chi connectivity index (χ1) is 18.0. The molecule has 1 amide bonds. The summed E-state index contributed by atoms with van der Waals surface area (Å²) >= 11 is 0. The van der Waals surface area contributed by atoms with Gasteiger partial charge < -0.3 is 10.3 Å². The van der Waals surface area contributed by atoms with Crippen molar-refractivity contribution in [3.8, 4) is 33.8 Å². The molecule has 0 saturated heterocycles. The summed E-state index contributed by atoms with van der Waals surface area (Å²) in [5, 5.41) is 10.8. The van der Waals surface area contributed by atoms with Crippen LogP contribution < -0.4 is 5.32 Å². The number of nitrogens with zero attached hydrogens (tertiary/aromatic N) is 5. The highest BCUT2D eigenvalue weighted by atomic mass is 19.1. The molecule has 9 nitrogen and oxygen atoms in total. The van der Waals surface area contributed by atoms with Crippen LogP contribution >= 0.6 is 0 Å². The number of fused-ring (bicyclic) bond motifs is 2. The molecule has 182 valence electrons. The molecular weight excluding hydrogens is 471 g/mol. The second kappa shape index (κ2) is 8.90. The second-order valence-corrected chi connectivity index (χ2v) is 8.93. The highest BCUT2D eigenvalue weighted by Gasteiger charge is 2.18. The second-order valence-electron chi connectivity index (χ2n) is 8.93. The van der Waals surface area contributed by atoms with E-state index in [1.165, 1.54) is 12.3 Å². The number of pyridine rings is 3. The number of hydrogen-bond donors (Lipinski definition) is 3. The van der Waals surface area contributed by atoms with Gasteiger partial charge in [0.15, 0.2) is 11.5 Å². The Morgan fingerprint density at radius 1 is 0.973 bits per heavy atom. The summed E-state index contributed by atoms with van der Waals surface area (Å²) in [6.07, 6.45) is 8.26. The van der Waals surface area contributed by atoms with E-state index in [-0.39, 0.29) is 11.8 Å². The number of amides is 1. The van der Waals surface area contributed by atoms with E-state index in [1.807, 2.05) is 18.2 Å². The van der Waals surface area contributed by atoms with E-state index in [4.69, 9.17) is 0 Å². The van der Waals surface area contributed by atoms with Gasteiger partial charge in [-0.1, -0.05) is 13.8 Å². The Labute approximate surface area is 210 Å². The number of carbonyl (C=O) groups excluding carboxylic acids is 1. The van der Waals surface area contributed by atoms with Gasteiger partial charge in [0.05, 0.1) is 22.9 Å². The summed E-state index contributed by atoms with van der Waals surface area (Å²) in [5.74, 6) is -0.272. The third kappa shape index (κ3) is 4.08. The number of benzene rings is 1. The maximum atomic E-state index is 15.1. The maximum absolute atomic E-state index is 15.1. The van der Waals surface area contributed by atoms with Crippen molar-refractivity contribution in [1.82, 2.24) is 35.1 Å². The summed E-state index contributed by atoms with van der Waals surface area (Å²) in [4.78, 5) is 32.8. The summed E-state index contributed by atoms with van der Waals surface area (Å²) < 4.78 is 15.1. The van der Waals surface area contributed by atoms with Gasteiger partial charge in [-0.25, -0.2) is 14.4 Å². The standard InChI is InChI=1S/C27H21FN8O/c1-14(2)27(37)32-17-9-16(12-30-13-17)19-10-20-22(11-21(19)28)35-36-24(20)26-33-23-18(5-8-31-25(23)34-26)15-3-6-29-7-4-15/h3-14H,1-2H3,(H,32,37)(H,35,36)(H,31,33,34). The summed E-state index contributed by atoms with van der Waals surface area (Å²) in [6, 6.07) is 10.5. The average molecular weight is 493 g/mol. The van der Waals surface area contributed by atoms with Crippen molar-refractivity contribution < 1.29 is 9.18 Å². The molecule has 0 aliphatic carbocycles. The van der Waals surface area contributed by atoms with E-state index in [9.17, 15) is 4.79 Å². The zero-order chi connectivity index (χ0) is 25.5. The molecule has 0 saturated carbocycles. The lowest BCUT2D eigenvalue weighted by molar-refractivity contribution is -0.118. The van der Waals surface area contributed by atoms with Gasteiger partial charge in [0, 0.05) is 58.8 Å². The number of aromatic amines is 2. The molecule has 3 N–H and O–H groups in total. The molecule has 0 aliphatic heterocycles. The Morgan fingerprint density at radius 3 is 2.62 bits per heavy atom. The zero-order valence-corrected chi connectivity index (χ0v) is 20.0. The molecule has 10 heteroatoms. The molecule has 6 aromatic rings. The molecule has 1 aromatic carbocycles. The van der Waals surface area contributed by atoms with Crippen LogP contribution in [0.3, 0.4) is 0 Å². The lowest BCUT2D eigenvalue weighted by atomic mass is 10.0. The minimum absolute atomic E-state index is 0.142. The predicted octanol–water partition coefficient (Wildman–Crippen LogP) is 5.36. The number of rotatable bonds is 5. The number of imidazole rings is 1. The van der Waals surface area contributed by atoms with Gasteiger partial charge in [-0.15, -0.1) is 0 Å². The van der Waals surface area contributed by atoms with Crippen molar-refractivity contribution in [1.29, 1.82) is 0 Å². The average Bonchev–Trinajstić information content (AvgIpc) is 3.52. The molecule has 37 heavy (non-hydrogen) atoms. The van der Waals surface area contributed by atoms with E-state index in [0.717, 1.165) is 16.6 Å². The lowest BCUT2D eigenvalue weighted by Crippen LogP contribution is -2.17. The largest absolute Gasteiger partial charge is 0.335 e. The van der Waals surface area contributed by atoms with Gasteiger partial charge in [0.1, 0.15) is 11.5 Å². The molecule has 5 aromatic heterocycles. The van der Waals surface area contributed by atoms with Crippen LogP contribution in [0.1, 0.15) is 13.8 Å². The number of anilines is 1. The molecule has 5 heterocycles. The molecule has 6 rings (SSSR count). The lowest BCUT2D eigenvalue weighted by Gasteiger charge is -2.09. The molecule has 0 unspecified atom stereocenters. The van der Waals surface area contributed by atoms with Gasteiger partial charge in [-0.3, -0.25) is 19.9 Å². The quantitative estimate of drug-likeness (QED) is 0.298. The van der Waals surface area contributed by atoms with Crippen LogP contribution in [0.4, 0.5) is 10.1 Å². The first-order valence-electron chi connectivity index (χ1n) is 11.7. The van der Waals surface area contributed by atoms with Crippen LogP contribution in [0, 0.1) is 11.7 Å². The van der Waals surface area contributed by atoms with Crippen LogP contribution in [-0.4, -0.2) is 41.0 Å². The number of H-pyrrole nitrogens is 2. The first kappa shape index (κ1) is 22.5. The molecule has 0 aliphatic rings. The van der Waals surface area contributed by atoms with Gasteiger partial charge >= 0.3 is 0 Å². The fourth-order valence-corrected chi connectivity index (χ4v) is 4.18. The third-order valence-electron chi connectivity index (χ3n) is 6.10. The van der Waals surface area contributed by atoms with Crippen molar-refractivity contribution in [3.05, 3.63) is 73.2 Å². The van der Waals surface area contributed by atoms with E-state index < -0.39 is 5.82 Å². The van der Waals surface area contributed by atoms with Crippen molar-refractivity contribution in [3.63, 3.8) is 0 Å². The normalized spacial score (nSPS) is 11.5. The predicted molar refractivity (Wildman–Crippen MR) is 139 cm³/mol. The maximum Gasteiger partial charge on any atom is 0.226 e. The fraction of sp³-hybridized carbons (Fsp3) is 0.111. The van der Waals surface area contributed by atoms with Crippen molar-refractivity contribution in [2.75, 3.05) is 5.32 Å². The molecule has 0 radical (unpaired) electrons. The highest BCUT2D eigenvalue weighted by molar-refractivity contribution is 5.98. The monoisotopic (exact) mass is 492 g/mol. The fourth-order valence-electron chi connectivity index (χ4n) is 4.18. The molecular formula is C27H21FN8O. The van der Waals surface area contributed by atoms with Crippen LogP contribution in [-0.2, 0) is 4.79 Å². The van der Waals surface area contributed by atoms with E-state index in [1.54, 1.807) is 50.8 Å². The summed E-state index contributed by atoms with van der Waals surface area (Å²) in [5.41, 5.74) is 5.63. The van der Waals surface area contributed by atoms with Crippen molar-refractivity contribution in [2.45, 2.75) is 13.8 Å². The Bertz CT molecular complexity index is 1770. The van der Waals surface area contributed by atoms with Gasteiger partial charge in [-0.05, 0) is 35.9 Å². The van der Waals surface area contributed by atoms with E-state index in [0.29, 0.717) is 44.9 Å². The summed E-state index contributed by atoms with van der Waals surface area (Å²) in [7, 11) is 0. The molecule has 0 atom stereocenters. The smallest absolute Gasteiger partial charge is 0.226 e. The highest BCUT2D eigenvalue weighted by Crippen LogP contribution is 2.34. The molecule has 0 fully saturated rings. The minimum atomic E-state index is -0.442. The topological polar surface area (TPSA) is 125 Å². The Morgan fingerprint density at radius 2 is 1.81 bits per heavy atom. The van der Waals surface area contributed by atoms with Crippen molar-refractivity contribution >= 4 is 33.7 Å². The number of nitrogens with one attached hydrogen (secondary N) is 3. The molecule has 0 spiro atoms. The Hall–Kier alpha value is -4.99. The van der Waals surface area contributed by atoms with E-state index in [2.05, 4.69) is 40.4 Å². The SMILES string of the molecule is CC(C)C(=O)Nc1cncc(-c2cc3c(-c4nc5nccc(-c6ccncc6)c5[nH]4)n[nH]c3cc2F)c1. The van der Waals surface area contributed by atoms with Crippen LogP contribution in [0.2, 0.25) is 0 Å². The van der Waals surface area contributed by atoms with Gasteiger partial charge in [0.2, 0.25) is 5.91 Å². The van der Waals surface area contributed by atoms with Gasteiger partial charge in [-0.2, -0.15) is 5.10 Å². The molecule has 0 bridgehead atoms. The first-order valence-corrected chi connectivity index (χ1v) is 11.7.